The summed E-state index contributed by atoms with van der Waals surface area (Å²) < 4.78 is 0. The smallest absolute Gasteiger partial charge is 0.158 e. The molecule has 0 atom stereocenters. The summed E-state index contributed by atoms with van der Waals surface area (Å²) in [5, 5.41) is 23.4. The van der Waals surface area contributed by atoms with Gasteiger partial charge in [-0.3, -0.25) is 5.43 Å². The lowest BCUT2D eigenvalue weighted by molar-refractivity contribution is 0.403. The molecule has 0 fully saturated rings. The predicted molar refractivity (Wildman–Crippen MR) is 77.5 cm³/mol. The van der Waals surface area contributed by atoms with Gasteiger partial charge in [0.05, 0.1) is 21.9 Å². The average molecular weight is 297 g/mol. The molecule has 0 heterocycles. The van der Waals surface area contributed by atoms with Gasteiger partial charge in [0.1, 0.15) is 0 Å². The van der Waals surface area contributed by atoms with Crippen LogP contribution in [0.2, 0.25) is 10.0 Å². The van der Waals surface area contributed by atoms with Gasteiger partial charge in [-0.1, -0.05) is 23.2 Å². The molecular formula is C13H10Cl2N2O2. The van der Waals surface area contributed by atoms with E-state index in [1.807, 2.05) is 0 Å². The van der Waals surface area contributed by atoms with Crippen molar-refractivity contribution in [3.05, 3.63) is 52.0 Å². The zero-order valence-electron chi connectivity index (χ0n) is 9.64. The van der Waals surface area contributed by atoms with E-state index in [0.29, 0.717) is 21.3 Å². The number of rotatable bonds is 3. The standard InChI is InChI=1S/C13H10Cl2N2O2/c14-10-3-2-9(6-11(10)15)17-16-7-8-1-4-12(18)13(19)5-8/h1-7,17-19H. The molecule has 0 radical (unpaired) electrons. The largest absolute Gasteiger partial charge is 0.504 e. The van der Waals surface area contributed by atoms with Gasteiger partial charge in [-0.25, -0.2) is 0 Å². The molecule has 6 heteroatoms. The van der Waals surface area contributed by atoms with Crippen molar-refractivity contribution in [3.63, 3.8) is 0 Å². The third kappa shape index (κ3) is 3.53. The zero-order valence-corrected chi connectivity index (χ0v) is 11.2. The molecule has 19 heavy (non-hydrogen) atoms. The number of nitrogens with one attached hydrogen (secondary N) is 1. The van der Waals surface area contributed by atoms with E-state index in [4.69, 9.17) is 28.3 Å². The van der Waals surface area contributed by atoms with Gasteiger partial charge in [-0.15, -0.1) is 0 Å². The van der Waals surface area contributed by atoms with Crippen molar-refractivity contribution < 1.29 is 10.2 Å². The van der Waals surface area contributed by atoms with Crippen LogP contribution in [0.3, 0.4) is 0 Å². The van der Waals surface area contributed by atoms with Gasteiger partial charge in [0.25, 0.3) is 0 Å². The fourth-order valence-corrected chi connectivity index (χ4v) is 1.67. The van der Waals surface area contributed by atoms with Crippen molar-refractivity contribution in [2.24, 2.45) is 5.10 Å². The van der Waals surface area contributed by atoms with Crippen LogP contribution in [0.4, 0.5) is 5.69 Å². The van der Waals surface area contributed by atoms with Gasteiger partial charge in [0, 0.05) is 0 Å². The summed E-state index contributed by atoms with van der Waals surface area (Å²) in [5.41, 5.74) is 4.11. The molecule has 0 unspecified atom stereocenters. The summed E-state index contributed by atoms with van der Waals surface area (Å²) in [7, 11) is 0. The van der Waals surface area contributed by atoms with E-state index in [1.165, 1.54) is 18.3 Å². The monoisotopic (exact) mass is 296 g/mol. The Hall–Kier alpha value is -1.91. The van der Waals surface area contributed by atoms with Crippen LogP contribution in [0.15, 0.2) is 41.5 Å². The van der Waals surface area contributed by atoms with E-state index >= 15 is 0 Å². The molecule has 0 aliphatic heterocycles. The number of hydrogen-bond donors (Lipinski definition) is 3. The molecule has 0 bridgehead atoms. The molecule has 0 saturated heterocycles. The molecule has 98 valence electrons. The number of nitrogens with zero attached hydrogens (tertiary/aromatic N) is 1. The highest BCUT2D eigenvalue weighted by atomic mass is 35.5. The van der Waals surface area contributed by atoms with Gasteiger partial charge in [-0.05, 0) is 42.0 Å². The number of hydrogen-bond acceptors (Lipinski definition) is 4. The highest BCUT2D eigenvalue weighted by Crippen LogP contribution is 2.25. The summed E-state index contributed by atoms with van der Waals surface area (Å²) in [4.78, 5) is 0. The Balaban J connectivity index is 2.06. The van der Waals surface area contributed by atoms with E-state index in [0.717, 1.165) is 0 Å². The zero-order chi connectivity index (χ0) is 13.8. The van der Waals surface area contributed by atoms with Crippen LogP contribution in [0.25, 0.3) is 0 Å². The molecule has 0 spiro atoms. The van der Waals surface area contributed by atoms with Crippen molar-refractivity contribution in [2.45, 2.75) is 0 Å². The third-order valence-electron chi connectivity index (χ3n) is 2.33. The summed E-state index contributed by atoms with van der Waals surface area (Å²) in [6.07, 6.45) is 1.50. The maximum Gasteiger partial charge on any atom is 0.158 e. The minimum atomic E-state index is -0.196. The fraction of sp³-hybridized carbons (Fsp3) is 0. The summed E-state index contributed by atoms with van der Waals surface area (Å²) in [5.74, 6) is -0.368. The second-order valence-corrected chi connectivity index (χ2v) is 4.56. The van der Waals surface area contributed by atoms with E-state index in [1.54, 1.807) is 24.3 Å². The molecule has 0 aromatic heterocycles. The number of aromatic hydroxyl groups is 2. The SMILES string of the molecule is Oc1ccc(C=NNc2ccc(Cl)c(Cl)c2)cc1O. The van der Waals surface area contributed by atoms with Gasteiger partial charge in [0.2, 0.25) is 0 Å². The summed E-state index contributed by atoms with van der Waals surface area (Å²) in [6, 6.07) is 9.45. The van der Waals surface area contributed by atoms with Crippen LogP contribution < -0.4 is 5.43 Å². The topological polar surface area (TPSA) is 64.9 Å². The van der Waals surface area contributed by atoms with Crippen LogP contribution in [-0.4, -0.2) is 16.4 Å². The number of benzene rings is 2. The Kier molecular flexibility index (Phi) is 4.14. The van der Waals surface area contributed by atoms with Crippen molar-refractivity contribution in [1.29, 1.82) is 0 Å². The molecule has 0 amide bonds. The summed E-state index contributed by atoms with van der Waals surface area (Å²) >= 11 is 11.7. The van der Waals surface area contributed by atoms with E-state index in [2.05, 4.69) is 10.5 Å². The minimum Gasteiger partial charge on any atom is -0.504 e. The van der Waals surface area contributed by atoms with Crippen LogP contribution >= 0.6 is 23.2 Å². The Morgan fingerprint density at radius 1 is 0.947 bits per heavy atom. The third-order valence-corrected chi connectivity index (χ3v) is 3.07. The van der Waals surface area contributed by atoms with Gasteiger partial charge in [0.15, 0.2) is 11.5 Å². The van der Waals surface area contributed by atoms with Crippen LogP contribution in [-0.2, 0) is 0 Å². The first kappa shape index (κ1) is 13.5. The lowest BCUT2D eigenvalue weighted by Crippen LogP contribution is -1.90. The van der Waals surface area contributed by atoms with E-state index in [-0.39, 0.29) is 11.5 Å². The maximum atomic E-state index is 9.32. The molecule has 4 nitrogen and oxygen atoms in total. The van der Waals surface area contributed by atoms with Gasteiger partial charge >= 0.3 is 0 Å². The number of phenols is 2. The minimum absolute atomic E-state index is 0.172. The molecule has 0 aliphatic carbocycles. The van der Waals surface area contributed by atoms with Crippen molar-refractivity contribution in [3.8, 4) is 11.5 Å². The van der Waals surface area contributed by atoms with Gasteiger partial charge < -0.3 is 10.2 Å². The number of hydrazone groups is 1. The van der Waals surface area contributed by atoms with E-state index < -0.39 is 0 Å². The van der Waals surface area contributed by atoms with Gasteiger partial charge in [-0.2, -0.15) is 5.10 Å². The molecule has 2 rings (SSSR count). The van der Waals surface area contributed by atoms with Crippen molar-refractivity contribution in [1.82, 2.24) is 0 Å². The molecule has 0 aliphatic rings. The number of anilines is 1. The first-order valence-corrected chi connectivity index (χ1v) is 6.08. The fourth-order valence-electron chi connectivity index (χ4n) is 1.37. The Bertz CT molecular complexity index is 630. The van der Waals surface area contributed by atoms with Crippen LogP contribution in [0.1, 0.15) is 5.56 Å². The van der Waals surface area contributed by atoms with Crippen molar-refractivity contribution in [2.75, 3.05) is 5.43 Å². The van der Waals surface area contributed by atoms with Crippen LogP contribution in [0, 0.1) is 0 Å². The molecular weight excluding hydrogens is 287 g/mol. The number of halogens is 2. The molecule has 2 aromatic carbocycles. The predicted octanol–water partition coefficient (Wildman–Crippen LogP) is 3.85. The lowest BCUT2D eigenvalue weighted by Gasteiger charge is -2.02. The van der Waals surface area contributed by atoms with E-state index in [9.17, 15) is 5.11 Å². The molecule has 0 saturated carbocycles. The average Bonchev–Trinajstić information content (AvgIpc) is 2.38. The van der Waals surface area contributed by atoms with Crippen molar-refractivity contribution >= 4 is 35.1 Å². The second kappa shape index (κ2) is 5.82. The number of phenolic OH excluding ortho intramolecular Hbond substituents is 2. The first-order valence-electron chi connectivity index (χ1n) is 5.32. The first-order chi connectivity index (χ1) is 9.06. The molecule has 3 N–H and O–H groups in total. The maximum absolute atomic E-state index is 9.32. The van der Waals surface area contributed by atoms with Crippen LogP contribution in [0.5, 0.6) is 11.5 Å². The lowest BCUT2D eigenvalue weighted by atomic mass is 10.2. The highest BCUT2D eigenvalue weighted by molar-refractivity contribution is 6.42. The highest BCUT2D eigenvalue weighted by Gasteiger charge is 1.99. The Morgan fingerprint density at radius 2 is 1.74 bits per heavy atom. The quantitative estimate of drug-likeness (QED) is 0.458. The normalized spacial score (nSPS) is 10.8. The Morgan fingerprint density at radius 3 is 2.42 bits per heavy atom. The summed E-state index contributed by atoms with van der Waals surface area (Å²) in [6.45, 7) is 0. The Labute approximate surface area is 119 Å². The molecule has 2 aromatic rings. The second-order valence-electron chi connectivity index (χ2n) is 3.75.